The van der Waals surface area contributed by atoms with E-state index in [0.29, 0.717) is 18.6 Å². The van der Waals surface area contributed by atoms with Crippen LogP contribution >= 0.6 is 15.9 Å². The van der Waals surface area contributed by atoms with E-state index in [9.17, 15) is 9.59 Å². The van der Waals surface area contributed by atoms with Crippen LogP contribution in [0.1, 0.15) is 30.9 Å². The lowest BCUT2D eigenvalue weighted by molar-refractivity contribution is -0.139. The molecule has 4 heteroatoms. The molecule has 0 aliphatic heterocycles. The van der Waals surface area contributed by atoms with Crippen molar-refractivity contribution in [3.63, 3.8) is 0 Å². The molecule has 1 unspecified atom stereocenters. The van der Waals surface area contributed by atoms with Gasteiger partial charge in [0.1, 0.15) is 11.5 Å². The van der Waals surface area contributed by atoms with Crippen molar-refractivity contribution in [3.8, 4) is 0 Å². The number of carbonyl (C=O) groups excluding carboxylic acids is 2. The highest BCUT2D eigenvalue weighted by Crippen LogP contribution is 2.45. The van der Waals surface area contributed by atoms with Crippen LogP contribution in [0, 0.1) is 0 Å². The van der Waals surface area contributed by atoms with Gasteiger partial charge in [0, 0.05) is 23.1 Å². The molecule has 19 heavy (non-hydrogen) atoms. The largest absolute Gasteiger partial charge is 0.362 e. The van der Waals surface area contributed by atoms with Gasteiger partial charge in [-0.2, -0.15) is 0 Å². The lowest BCUT2D eigenvalue weighted by atomic mass is 9.89. The summed E-state index contributed by atoms with van der Waals surface area (Å²) in [5.41, 5.74) is 0.552. The molecule has 0 saturated carbocycles. The Morgan fingerprint density at radius 3 is 2.74 bits per heavy atom. The maximum absolute atomic E-state index is 12.6. The molecule has 1 atom stereocenters. The summed E-state index contributed by atoms with van der Waals surface area (Å²) in [6.07, 6.45) is 1.36. The molecule has 0 heterocycles. The molecule has 0 N–H and O–H groups in total. The van der Waals surface area contributed by atoms with Crippen LogP contribution in [0.3, 0.4) is 0 Å². The van der Waals surface area contributed by atoms with E-state index in [-0.39, 0.29) is 11.4 Å². The monoisotopic (exact) mass is 322 g/mol. The summed E-state index contributed by atoms with van der Waals surface area (Å²) < 4.78 is 5.79. The van der Waals surface area contributed by atoms with E-state index in [1.807, 2.05) is 25.1 Å². The SMILES string of the molecule is CCOC1(CCCBr)C(=O)C(=C=O)c2ccccc21. The van der Waals surface area contributed by atoms with Gasteiger partial charge in [0.15, 0.2) is 5.60 Å². The topological polar surface area (TPSA) is 43.4 Å². The maximum Gasteiger partial charge on any atom is 0.210 e. The molecule has 0 fully saturated rings. The Bertz CT molecular complexity index is 546. The van der Waals surface area contributed by atoms with Crippen molar-refractivity contribution < 1.29 is 14.3 Å². The van der Waals surface area contributed by atoms with Gasteiger partial charge in [-0.15, -0.1) is 0 Å². The zero-order valence-corrected chi connectivity index (χ0v) is 12.3. The predicted octanol–water partition coefficient (Wildman–Crippen LogP) is 2.89. The van der Waals surface area contributed by atoms with Crippen molar-refractivity contribution in [2.24, 2.45) is 0 Å². The molecule has 1 aliphatic rings. The number of hydrogen-bond acceptors (Lipinski definition) is 3. The van der Waals surface area contributed by atoms with E-state index in [1.165, 1.54) is 0 Å². The first kappa shape index (κ1) is 14.2. The molecule has 0 saturated heterocycles. The summed E-state index contributed by atoms with van der Waals surface area (Å²) in [5.74, 6) is 1.53. The number of halogens is 1. The van der Waals surface area contributed by atoms with Gasteiger partial charge in [0.25, 0.3) is 0 Å². The minimum absolute atomic E-state index is 0.110. The van der Waals surface area contributed by atoms with E-state index in [1.54, 1.807) is 12.0 Å². The summed E-state index contributed by atoms with van der Waals surface area (Å²) in [6, 6.07) is 7.32. The fourth-order valence-corrected chi connectivity index (χ4v) is 2.91. The number of hydrogen-bond donors (Lipinski definition) is 0. The van der Waals surface area contributed by atoms with Crippen molar-refractivity contribution in [1.82, 2.24) is 0 Å². The van der Waals surface area contributed by atoms with Gasteiger partial charge in [-0.05, 0) is 19.8 Å². The molecule has 0 aromatic heterocycles. The summed E-state index contributed by atoms with van der Waals surface area (Å²) in [5, 5.41) is 0.789. The van der Waals surface area contributed by atoms with E-state index >= 15 is 0 Å². The number of benzene rings is 1. The Morgan fingerprint density at radius 1 is 1.37 bits per heavy atom. The van der Waals surface area contributed by atoms with Crippen LogP contribution in [-0.4, -0.2) is 23.7 Å². The molecular weight excluding hydrogens is 308 g/mol. The maximum atomic E-state index is 12.6. The first-order valence-corrected chi connectivity index (χ1v) is 7.43. The van der Waals surface area contributed by atoms with E-state index in [0.717, 1.165) is 17.3 Å². The zero-order chi connectivity index (χ0) is 13.9. The summed E-state index contributed by atoms with van der Waals surface area (Å²) in [6.45, 7) is 2.28. The number of alkyl halides is 1. The third kappa shape index (κ3) is 2.20. The summed E-state index contributed by atoms with van der Waals surface area (Å²) in [4.78, 5) is 23.7. The van der Waals surface area contributed by atoms with Crippen LogP contribution in [0.15, 0.2) is 24.3 Å². The number of ether oxygens (including phenoxy) is 1. The van der Waals surface area contributed by atoms with Crippen molar-refractivity contribution in [2.45, 2.75) is 25.4 Å². The van der Waals surface area contributed by atoms with Crippen LogP contribution in [-0.2, 0) is 19.9 Å². The average Bonchev–Trinajstić information content (AvgIpc) is 2.67. The van der Waals surface area contributed by atoms with Gasteiger partial charge in [-0.1, -0.05) is 40.2 Å². The van der Waals surface area contributed by atoms with Crippen molar-refractivity contribution in [1.29, 1.82) is 0 Å². The minimum atomic E-state index is -1.01. The molecule has 1 aromatic carbocycles. The fourth-order valence-electron chi connectivity index (χ4n) is 2.63. The fraction of sp³-hybridized carbons (Fsp3) is 0.400. The quantitative estimate of drug-likeness (QED) is 0.475. The number of Topliss-reactive ketones (excluding diaryl/α,β-unsaturated/α-hetero) is 1. The van der Waals surface area contributed by atoms with Crippen molar-refractivity contribution in [3.05, 3.63) is 35.4 Å². The molecule has 1 aliphatic carbocycles. The Kier molecular flexibility index (Phi) is 4.35. The smallest absolute Gasteiger partial charge is 0.210 e. The van der Waals surface area contributed by atoms with Gasteiger partial charge in [0.2, 0.25) is 5.78 Å². The van der Waals surface area contributed by atoms with Gasteiger partial charge < -0.3 is 4.74 Å². The summed E-state index contributed by atoms with van der Waals surface area (Å²) in [7, 11) is 0. The standard InChI is InChI=1S/C15H15BrO3/c1-2-19-15(8-5-9-16)13-7-4-3-6-11(13)12(10-17)14(15)18/h3-4,6-7H,2,5,8-9H2,1H3. The highest BCUT2D eigenvalue weighted by atomic mass is 79.9. The lowest BCUT2D eigenvalue weighted by Crippen LogP contribution is -2.35. The average molecular weight is 323 g/mol. The number of carbonyl (C=O) groups is 1. The molecule has 100 valence electrons. The molecule has 1 aromatic rings. The highest BCUT2D eigenvalue weighted by Gasteiger charge is 2.50. The molecule has 2 rings (SSSR count). The zero-order valence-electron chi connectivity index (χ0n) is 10.7. The first-order valence-electron chi connectivity index (χ1n) is 6.31. The molecule has 3 nitrogen and oxygen atoms in total. The van der Waals surface area contributed by atoms with Crippen molar-refractivity contribution in [2.75, 3.05) is 11.9 Å². The lowest BCUT2D eigenvalue weighted by Gasteiger charge is -2.28. The summed E-state index contributed by atoms with van der Waals surface area (Å²) >= 11 is 3.37. The number of rotatable bonds is 5. The third-order valence-electron chi connectivity index (χ3n) is 3.38. The molecule has 0 radical (unpaired) electrons. The Hall–Kier alpha value is -1.22. The molecule has 0 spiro atoms. The Labute approximate surface area is 120 Å². The van der Waals surface area contributed by atoms with Gasteiger partial charge in [-0.25, -0.2) is 4.79 Å². The van der Waals surface area contributed by atoms with E-state index in [2.05, 4.69) is 15.9 Å². The van der Waals surface area contributed by atoms with Gasteiger partial charge >= 0.3 is 0 Å². The van der Waals surface area contributed by atoms with Crippen LogP contribution < -0.4 is 0 Å². The normalized spacial score (nSPS) is 21.4. The van der Waals surface area contributed by atoms with Crippen LogP contribution in [0.2, 0.25) is 0 Å². The van der Waals surface area contributed by atoms with Crippen molar-refractivity contribution >= 4 is 33.2 Å². The molecule has 0 amide bonds. The number of ketones is 1. The molecule has 0 bridgehead atoms. The predicted molar refractivity (Wildman–Crippen MR) is 76.9 cm³/mol. The second-order valence-corrected chi connectivity index (χ2v) is 5.20. The highest BCUT2D eigenvalue weighted by molar-refractivity contribution is 9.09. The van der Waals surface area contributed by atoms with Crippen LogP contribution in [0.25, 0.3) is 5.57 Å². The molecular formula is C15H15BrO3. The van der Waals surface area contributed by atoms with Crippen LogP contribution in [0.5, 0.6) is 0 Å². The van der Waals surface area contributed by atoms with Crippen LogP contribution in [0.4, 0.5) is 0 Å². The van der Waals surface area contributed by atoms with Gasteiger partial charge in [0.05, 0.1) is 0 Å². The Balaban J connectivity index is 2.59. The third-order valence-corrected chi connectivity index (χ3v) is 3.94. The number of fused-ring (bicyclic) bond motifs is 1. The van der Waals surface area contributed by atoms with E-state index in [4.69, 9.17) is 4.74 Å². The minimum Gasteiger partial charge on any atom is -0.362 e. The Morgan fingerprint density at radius 2 is 2.11 bits per heavy atom. The second kappa shape index (κ2) is 5.83. The van der Waals surface area contributed by atoms with Gasteiger partial charge in [-0.3, -0.25) is 4.79 Å². The second-order valence-electron chi connectivity index (χ2n) is 4.40. The first-order chi connectivity index (χ1) is 9.21. The van der Waals surface area contributed by atoms with E-state index < -0.39 is 5.60 Å².